The molecule has 0 saturated heterocycles. The summed E-state index contributed by atoms with van der Waals surface area (Å²) in [6, 6.07) is 3.10. The summed E-state index contributed by atoms with van der Waals surface area (Å²) in [5, 5.41) is 4.10. The van der Waals surface area contributed by atoms with Crippen LogP contribution in [0.3, 0.4) is 0 Å². The number of carbonyl (C=O) groups is 2. The van der Waals surface area contributed by atoms with E-state index in [2.05, 4.69) is 5.10 Å². The Hall–Kier alpha value is -2.57. The highest BCUT2D eigenvalue weighted by Gasteiger charge is 2.26. The van der Waals surface area contributed by atoms with Gasteiger partial charge in [-0.05, 0) is 19.9 Å². The molecule has 7 heteroatoms. The molecule has 2 rings (SSSR count). The first-order chi connectivity index (χ1) is 10.7. The van der Waals surface area contributed by atoms with Crippen molar-refractivity contribution in [3.63, 3.8) is 0 Å². The summed E-state index contributed by atoms with van der Waals surface area (Å²) < 4.78 is 28.1. The maximum absolute atomic E-state index is 13.7. The normalized spacial score (nSPS) is 10.7. The molecule has 0 radical (unpaired) electrons. The second-order valence-electron chi connectivity index (χ2n) is 5.40. The molecule has 23 heavy (non-hydrogen) atoms. The van der Waals surface area contributed by atoms with Crippen LogP contribution in [-0.2, 0) is 18.4 Å². The number of rotatable bonds is 4. The summed E-state index contributed by atoms with van der Waals surface area (Å²) in [5.41, 5.74) is 1.44. The highest BCUT2D eigenvalue weighted by Crippen LogP contribution is 2.16. The van der Waals surface area contributed by atoms with Gasteiger partial charge in [0.1, 0.15) is 11.6 Å². The highest BCUT2D eigenvalue weighted by atomic mass is 19.1. The van der Waals surface area contributed by atoms with Gasteiger partial charge < -0.3 is 4.90 Å². The number of benzene rings is 1. The van der Waals surface area contributed by atoms with E-state index in [4.69, 9.17) is 0 Å². The van der Waals surface area contributed by atoms with Gasteiger partial charge in [-0.15, -0.1) is 0 Å². The first-order valence-electron chi connectivity index (χ1n) is 6.96. The van der Waals surface area contributed by atoms with E-state index in [9.17, 15) is 18.4 Å². The zero-order valence-electron chi connectivity index (χ0n) is 13.4. The molecule has 0 atom stereocenters. The van der Waals surface area contributed by atoms with E-state index in [1.807, 2.05) is 0 Å². The van der Waals surface area contributed by atoms with Crippen molar-refractivity contribution in [2.24, 2.45) is 7.05 Å². The molecule has 0 N–H and O–H groups in total. The lowest BCUT2D eigenvalue weighted by Crippen LogP contribution is -2.33. The second-order valence-corrected chi connectivity index (χ2v) is 5.40. The van der Waals surface area contributed by atoms with E-state index in [1.165, 1.54) is 17.8 Å². The molecular formula is C16H17F2N3O2. The third-order valence-corrected chi connectivity index (χ3v) is 3.70. The Morgan fingerprint density at radius 3 is 2.43 bits per heavy atom. The summed E-state index contributed by atoms with van der Waals surface area (Å²) in [6.45, 7) is 3.21. The van der Waals surface area contributed by atoms with Gasteiger partial charge in [0.05, 0.1) is 11.3 Å². The fraction of sp³-hybridized carbons (Fsp3) is 0.312. The standard InChI is InChI=1S/C16H17F2N3O2/c1-9-14(10(2)21(4)19-9)15(22)16(23)20(3)8-11-5-6-12(17)7-13(11)18/h5-7H,8H2,1-4H3. The minimum atomic E-state index is -0.770. The number of aryl methyl sites for hydroxylation is 2. The quantitative estimate of drug-likeness (QED) is 0.640. The van der Waals surface area contributed by atoms with Gasteiger partial charge in [0.25, 0.3) is 11.7 Å². The van der Waals surface area contributed by atoms with E-state index in [0.717, 1.165) is 17.0 Å². The second kappa shape index (κ2) is 6.28. The van der Waals surface area contributed by atoms with Crippen LogP contribution < -0.4 is 0 Å². The Bertz CT molecular complexity index is 784. The Balaban J connectivity index is 2.20. The molecule has 0 aliphatic carbocycles. The molecule has 0 spiro atoms. The molecular weight excluding hydrogens is 304 g/mol. The van der Waals surface area contributed by atoms with Gasteiger partial charge in [0, 0.05) is 38.0 Å². The topological polar surface area (TPSA) is 55.2 Å². The predicted molar refractivity (Wildman–Crippen MR) is 79.8 cm³/mol. The molecule has 0 fully saturated rings. The van der Waals surface area contributed by atoms with Crippen molar-refractivity contribution in [1.82, 2.24) is 14.7 Å². The zero-order valence-corrected chi connectivity index (χ0v) is 13.4. The highest BCUT2D eigenvalue weighted by molar-refractivity contribution is 6.43. The number of halogens is 2. The Kier molecular flexibility index (Phi) is 4.58. The molecule has 0 bridgehead atoms. The van der Waals surface area contributed by atoms with Crippen LogP contribution in [0.1, 0.15) is 27.3 Å². The SMILES string of the molecule is Cc1nn(C)c(C)c1C(=O)C(=O)N(C)Cc1ccc(F)cc1F. The molecule has 0 unspecified atom stereocenters. The monoisotopic (exact) mass is 321 g/mol. The van der Waals surface area contributed by atoms with E-state index in [0.29, 0.717) is 11.4 Å². The Morgan fingerprint density at radius 2 is 1.91 bits per heavy atom. The van der Waals surface area contributed by atoms with Crippen LogP contribution in [0.25, 0.3) is 0 Å². The largest absolute Gasteiger partial charge is 0.334 e. The lowest BCUT2D eigenvalue weighted by atomic mass is 10.1. The van der Waals surface area contributed by atoms with Crippen molar-refractivity contribution in [1.29, 1.82) is 0 Å². The van der Waals surface area contributed by atoms with Gasteiger partial charge >= 0.3 is 0 Å². The van der Waals surface area contributed by atoms with Crippen molar-refractivity contribution in [2.75, 3.05) is 7.05 Å². The van der Waals surface area contributed by atoms with Crippen LogP contribution in [0.4, 0.5) is 8.78 Å². The average molecular weight is 321 g/mol. The molecule has 5 nitrogen and oxygen atoms in total. The first kappa shape index (κ1) is 16.8. The number of hydrogen-bond donors (Lipinski definition) is 0. The molecule has 0 aliphatic rings. The fourth-order valence-corrected chi connectivity index (χ4v) is 2.36. The minimum absolute atomic E-state index is 0.130. The predicted octanol–water partition coefficient (Wildman–Crippen LogP) is 2.16. The van der Waals surface area contributed by atoms with E-state index in [1.54, 1.807) is 20.9 Å². The van der Waals surface area contributed by atoms with Crippen LogP contribution in [-0.4, -0.2) is 33.4 Å². The van der Waals surface area contributed by atoms with Crippen molar-refractivity contribution in [2.45, 2.75) is 20.4 Å². The lowest BCUT2D eigenvalue weighted by molar-refractivity contribution is -0.125. The number of likely N-dealkylation sites (N-methyl/N-ethyl adjacent to an activating group) is 1. The zero-order chi connectivity index (χ0) is 17.3. The van der Waals surface area contributed by atoms with E-state index in [-0.39, 0.29) is 17.7 Å². The molecule has 1 aromatic carbocycles. The summed E-state index contributed by atoms with van der Waals surface area (Å²) in [5.74, 6) is -2.92. The third-order valence-electron chi connectivity index (χ3n) is 3.70. The number of Topliss-reactive ketones (excluding diaryl/α,β-unsaturated/α-hetero) is 1. The number of ketones is 1. The smallest absolute Gasteiger partial charge is 0.295 e. The van der Waals surface area contributed by atoms with Crippen molar-refractivity contribution in [3.8, 4) is 0 Å². The molecule has 1 aromatic heterocycles. The summed E-state index contributed by atoms with van der Waals surface area (Å²) >= 11 is 0. The summed E-state index contributed by atoms with van der Waals surface area (Å²) in [7, 11) is 3.07. The van der Waals surface area contributed by atoms with Gasteiger partial charge in [0.15, 0.2) is 0 Å². The molecule has 1 amide bonds. The molecule has 1 heterocycles. The van der Waals surface area contributed by atoms with Gasteiger partial charge in [-0.3, -0.25) is 14.3 Å². The van der Waals surface area contributed by atoms with E-state index >= 15 is 0 Å². The number of nitrogens with zero attached hydrogens (tertiary/aromatic N) is 3. The summed E-state index contributed by atoms with van der Waals surface area (Å²) in [4.78, 5) is 25.8. The van der Waals surface area contributed by atoms with Crippen molar-refractivity contribution >= 4 is 11.7 Å². The molecule has 122 valence electrons. The van der Waals surface area contributed by atoms with Crippen LogP contribution in [0.5, 0.6) is 0 Å². The summed E-state index contributed by atoms with van der Waals surface area (Å²) in [6.07, 6.45) is 0. The fourth-order valence-electron chi connectivity index (χ4n) is 2.36. The van der Waals surface area contributed by atoms with Crippen LogP contribution in [0, 0.1) is 25.5 Å². The average Bonchev–Trinajstić information content (AvgIpc) is 2.73. The van der Waals surface area contributed by atoms with Gasteiger partial charge in [-0.25, -0.2) is 8.78 Å². The number of carbonyl (C=O) groups excluding carboxylic acids is 2. The molecule has 0 saturated carbocycles. The lowest BCUT2D eigenvalue weighted by Gasteiger charge is -2.17. The van der Waals surface area contributed by atoms with Crippen molar-refractivity contribution < 1.29 is 18.4 Å². The maximum Gasteiger partial charge on any atom is 0.295 e. The number of hydrogen-bond acceptors (Lipinski definition) is 3. The molecule has 2 aromatic rings. The molecule has 0 aliphatic heterocycles. The number of amides is 1. The van der Waals surface area contributed by atoms with Gasteiger partial charge in [-0.1, -0.05) is 6.07 Å². The Morgan fingerprint density at radius 1 is 1.26 bits per heavy atom. The number of aromatic nitrogens is 2. The first-order valence-corrected chi connectivity index (χ1v) is 6.96. The van der Waals surface area contributed by atoms with Gasteiger partial charge in [0.2, 0.25) is 0 Å². The van der Waals surface area contributed by atoms with Crippen LogP contribution >= 0.6 is 0 Å². The maximum atomic E-state index is 13.7. The minimum Gasteiger partial charge on any atom is -0.334 e. The van der Waals surface area contributed by atoms with Crippen LogP contribution in [0.2, 0.25) is 0 Å². The van der Waals surface area contributed by atoms with Gasteiger partial charge in [-0.2, -0.15) is 5.10 Å². The Labute approximate surface area is 132 Å². The third kappa shape index (κ3) is 3.28. The van der Waals surface area contributed by atoms with Crippen molar-refractivity contribution in [3.05, 3.63) is 52.3 Å². The van der Waals surface area contributed by atoms with E-state index < -0.39 is 23.3 Å². The van der Waals surface area contributed by atoms with Crippen LogP contribution in [0.15, 0.2) is 18.2 Å².